The molecule has 0 aromatic heterocycles. The summed E-state index contributed by atoms with van der Waals surface area (Å²) in [5.41, 5.74) is 5.60. The third-order valence-corrected chi connectivity index (χ3v) is 2.99. The lowest BCUT2D eigenvalue weighted by Gasteiger charge is -2.29. The Balaban J connectivity index is 2.63. The number of likely N-dealkylation sites (tertiary alicyclic amines) is 1. The van der Waals surface area contributed by atoms with E-state index in [0.717, 1.165) is 19.4 Å². The summed E-state index contributed by atoms with van der Waals surface area (Å²) in [6.45, 7) is 3.46. The molecule has 0 aromatic rings. The molecule has 82 valence electrons. The van der Waals surface area contributed by atoms with Gasteiger partial charge in [-0.05, 0) is 25.8 Å². The summed E-state index contributed by atoms with van der Waals surface area (Å²) in [5.74, 6) is -0.201. The lowest BCUT2D eigenvalue weighted by Crippen LogP contribution is -2.48. The number of hydrogen-bond acceptors (Lipinski definition) is 4. The highest BCUT2D eigenvalue weighted by Gasteiger charge is 2.33. The van der Waals surface area contributed by atoms with Crippen LogP contribution in [-0.4, -0.2) is 43.2 Å². The van der Waals surface area contributed by atoms with Crippen LogP contribution in [0.25, 0.3) is 0 Å². The molecule has 0 amide bonds. The number of carbonyl (C=O) groups excluding carboxylic acids is 1. The van der Waals surface area contributed by atoms with E-state index in [4.69, 9.17) is 10.5 Å². The van der Waals surface area contributed by atoms with Gasteiger partial charge in [-0.2, -0.15) is 0 Å². The van der Waals surface area contributed by atoms with Gasteiger partial charge in [0.2, 0.25) is 0 Å². The summed E-state index contributed by atoms with van der Waals surface area (Å²) in [7, 11) is 1.42. The van der Waals surface area contributed by atoms with Gasteiger partial charge in [0.05, 0.1) is 7.11 Å². The molecule has 0 radical (unpaired) electrons. The number of methoxy groups -OCH3 is 1. The van der Waals surface area contributed by atoms with E-state index >= 15 is 0 Å². The van der Waals surface area contributed by atoms with Crippen LogP contribution in [0.2, 0.25) is 0 Å². The second-order valence-corrected chi connectivity index (χ2v) is 3.72. The maximum absolute atomic E-state index is 11.4. The molecule has 0 aliphatic carbocycles. The van der Waals surface area contributed by atoms with Crippen LogP contribution < -0.4 is 5.73 Å². The predicted octanol–water partition coefficient (Wildman–Crippen LogP) is 0.361. The Hall–Kier alpha value is -0.610. The van der Waals surface area contributed by atoms with Crippen LogP contribution in [0, 0.1) is 0 Å². The van der Waals surface area contributed by atoms with Crippen molar-refractivity contribution in [1.82, 2.24) is 4.90 Å². The molecular weight excluding hydrogens is 180 g/mol. The zero-order valence-electron chi connectivity index (χ0n) is 9.03. The minimum absolute atomic E-state index is 0.201. The smallest absolute Gasteiger partial charge is 0.324 e. The number of esters is 1. The summed E-state index contributed by atoms with van der Waals surface area (Å²) in [6, 6.07) is 0.259. The first kappa shape index (κ1) is 11.5. The van der Waals surface area contributed by atoms with E-state index in [2.05, 4.69) is 11.8 Å². The normalized spacial score (nSPS) is 24.9. The Bertz CT molecular complexity index is 197. The number of nitrogens with zero attached hydrogens (tertiary/aromatic N) is 1. The average Bonchev–Trinajstić information content (AvgIpc) is 2.66. The van der Waals surface area contributed by atoms with Crippen molar-refractivity contribution >= 4 is 5.97 Å². The maximum atomic E-state index is 11.4. The van der Waals surface area contributed by atoms with Crippen molar-refractivity contribution in [3.63, 3.8) is 0 Å². The van der Waals surface area contributed by atoms with Gasteiger partial charge in [-0.1, -0.05) is 6.92 Å². The van der Waals surface area contributed by atoms with Crippen LogP contribution in [-0.2, 0) is 9.53 Å². The number of rotatable bonds is 4. The first-order valence-corrected chi connectivity index (χ1v) is 5.28. The third-order valence-electron chi connectivity index (χ3n) is 2.99. The average molecular weight is 200 g/mol. The molecule has 4 nitrogen and oxygen atoms in total. The fraction of sp³-hybridized carbons (Fsp3) is 0.900. The van der Waals surface area contributed by atoms with Crippen molar-refractivity contribution in [2.45, 2.75) is 38.3 Å². The Morgan fingerprint density at radius 3 is 2.93 bits per heavy atom. The fourth-order valence-corrected chi connectivity index (χ4v) is 2.21. The molecule has 0 aromatic carbocycles. The van der Waals surface area contributed by atoms with Crippen molar-refractivity contribution in [3.05, 3.63) is 0 Å². The molecule has 1 fully saturated rings. The van der Waals surface area contributed by atoms with Gasteiger partial charge in [0.25, 0.3) is 0 Å². The van der Waals surface area contributed by atoms with E-state index < -0.39 is 0 Å². The standard InChI is InChI=1S/C10H20N2O2/c1-3-8-5-4-6-12(8)9(7-11)10(13)14-2/h8-9H,3-7,11H2,1-2H3. The Morgan fingerprint density at radius 1 is 1.71 bits per heavy atom. The highest BCUT2D eigenvalue weighted by molar-refractivity contribution is 5.76. The Kier molecular flexibility index (Phi) is 4.35. The second kappa shape index (κ2) is 5.32. The predicted molar refractivity (Wildman–Crippen MR) is 54.9 cm³/mol. The Labute approximate surface area is 85.4 Å². The van der Waals surface area contributed by atoms with Crippen LogP contribution in [0.5, 0.6) is 0 Å². The molecule has 1 aliphatic heterocycles. The first-order valence-electron chi connectivity index (χ1n) is 5.28. The Morgan fingerprint density at radius 2 is 2.43 bits per heavy atom. The lowest BCUT2D eigenvalue weighted by atomic mass is 10.1. The number of ether oxygens (including phenoxy) is 1. The fourth-order valence-electron chi connectivity index (χ4n) is 2.21. The van der Waals surface area contributed by atoms with Gasteiger partial charge in [0.1, 0.15) is 6.04 Å². The van der Waals surface area contributed by atoms with Gasteiger partial charge in [-0.15, -0.1) is 0 Å². The quantitative estimate of drug-likeness (QED) is 0.666. The highest BCUT2D eigenvalue weighted by atomic mass is 16.5. The van der Waals surface area contributed by atoms with E-state index in [-0.39, 0.29) is 12.0 Å². The SMILES string of the molecule is CCC1CCCN1C(CN)C(=O)OC. The lowest BCUT2D eigenvalue weighted by molar-refractivity contribution is -0.147. The number of hydrogen-bond donors (Lipinski definition) is 1. The second-order valence-electron chi connectivity index (χ2n) is 3.72. The van der Waals surface area contributed by atoms with Gasteiger partial charge in [0.15, 0.2) is 0 Å². The molecule has 1 saturated heterocycles. The van der Waals surface area contributed by atoms with E-state index in [1.54, 1.807) is 0 Å². The van der Waals surface area contributed by atoms with Crippen LogP contribution in [0.15, 0.2) is 0 Å². The van der Waals surface area contributed by atoms with Gasteiger partial charge < -0.3 is 10.5 Å². The molecule has 1 heterocycles. The van der Waals surface area contributed by atoms with Gasteiger partial charge in [-0.25, -0.2) is 0 Å². The summed E-state index contributed by atoms with van der Waals surface area (Å²) >= 11 is 0. The molecule has 2 unspecified atom stereocenters. The monoisotopic (exact) mass is 200 g/mol. The summed E-state index contributed by atoms with van der Waals surface area (Å²) < 4.78 is 4.75. The summed E-state index contributed by atoms with van der Waals surface area (Å²) in [5, 5.41) is 0. The van der Waals surface area contributed by atoms with E-state index in [0.29, 0.717) is 12.6 Å². The zero-order chi connectivity index (χ0) is 10.6. The molecule has 0 saturated carbocycles. The molecule has 14 heavy (non-hydrogen) atoms. The molecule has 1 rings (SSSR count). The van der Waals surface area contributed by atoms with Gasteiger partial charge in [-0.3, -0.25) is 9.69 Å². The van der Waals surface area contributed by atoms with Crippen LogP contribution in [0.3, 0.4) is 0 Å². The zero-order valence-corrected chi connectivity index (χ0v) is 9.03. The first-order chi connectivity index (χ1) is 6.74. The van der Waals surface area contributed by atoms with Gasteiger partial charge in [0, 0.05) is 12.6 Å². The number of carbonyl (C=O) groups is 1. The molecule has 2 atom stereocenters. The topological polar surface area (TPSA) is 55.6 Å². The largest absolute Gasteiger partial charge is 0.468 e. The molecule has 0 spiro atoms. The van der Waals surface area contributed by atoms with Crippen molar-refractivity contribution < 1.29 is 9.53 Å². The van der Waals surface area contributed by atoms with E-state index in [1.807, 2.05) is 0 Å². The summed E-state index contributed by atoms with van der Waals surface area (Å²) in [6.07, 6.45) is 3.41. The highest BCUT2D eigenvalue weighted by Crippen LogP contribution is 2.22. The third kappa shape index (κ3) is 2.25. The van der Waals surface area contributed by atoms with Crippen molar-refractivity contribution in [2.75, 3.05) is 20.2 Å². The molecule has 2 N–H and O–H groups in total. The molecule has 1 aliphatic rings. The maximum Gasteiger partial charge on any atom is 0.324 e. The minimum atomic E-state index is -0.243. The van der Waals surface area contributed by atoms with E-state index in [1.165, 1.54) is 13.5 Å². The van der Waals surface area contributed by atoms with Crippen LogP contribution in [0.4, 0.5) is 0 Å². The number of nitrogens with two attached hydrogens (primary N) is 1. The summed E-state index contributed by atoms with van der Waals surface area (Å²) in [4.78, 5) is 13.6. The van der Waals surface area contributed by atoms with Crippen molar-refractivity contribution in [1.29, 1.82) is 0 Å². The van der Waals surface area contributed by atoms with Gasteiger partial charge >= 0.3 is 5.97 Å². The molecule has 0 bridgehead atoms. The van der Waals surface area contributed by atoms with E-state index in [9.17, 15) is 4.79 Å². The van der Waals surface area contributed by atoms with Crippen LogP contribution in [0.1, 0.15) is 26.2 Å². The molecule has 4 heteroatoms. The van der Waals surface area contributed by atoms with Crippen molar-refractivity contribution in [2.24, 2.45) is 5.73 Å². The van der Waals surface area contributed by atoms with Crippen LogP contribution >= 0.6 is 0 Å². The molecular formula is C10H20N2O2. The van der Waals surface area contributed by atoms with Crippen molar-refractivity contribution in [3.8, 4) is 0 Å². The minimum Gasteiger partial charge on any atom is -0.468 e.